The van der Waals surface area contributed by atoms with Crippen LogP contribution in [0.4, 0.5) is 8.78 Å². The van der Waals surface area contributed by atoms with Gasteiger partial charge < -0.3 is 9.80 Å². The summed E-state index contributed by atoms with van der Waals surface area (Å²) in [5, 5.41) is 0. The maximum Gasteiger partial charge on any atom is 0.163 e. The molecular weight excluding hydrogens is 332 g/mol. The lowest BCUT2D eigenvalue weighted by Gasteiger charge is -2.41. The van der Waals surface area contributed by atoms with Gasteiger partial charge in [-0.05, 0) is 77.4 Å². The van der Waals surface area contributed by atoms with E-state index in [1.165, 1.54) is 57.9 Å². The molecule has 0 spiro atoms. The zero-order valence-electron chi connectivity index (χ0n) is 16.3. The molecule has 0 atom stereocenters. The van der Waals surface area contributed by atoms with E-state index < -0.39 is 11.6 Å². The van der Waals surface area contributed by atoms with Crippen molar-refractivity contribution in [1.29, 1.82) is 0 Å². The summed E-state index contributed by atoms with van der Waals surface area (Å²) in [4.78, 5) is 7.37. The standard InChI is InChI=1S/C21H33F2N3/c1-3-25(16-18-5-4-6-20(22)21(18)23)15-17-7-13-26(14-8-17)19-9-11-24(2)12-10-19/h4-6,17,19H,3,7-16H2,1-2H3. The van der Waals surface area contributed by atoms with Gasteiger partial charge in [-0.15, -0.1) is 0 Å². The van der Waals surface area contributed by atoms with Crippen LogP contribution in [-0.2, 0) is 6.54 Å². The van der Waals surface area contributed by atoms with Gasteiger partial charge in [-0.1, -0.05) is 19.1 Å². The fourth-order valence-electron chi connectivity index (χ4n) is 4.44. The number of nitrogens with zero attached hydrogens (tertiary/aromatic N) is 3. The molecule has 1 aromatic carbocycles. The van der Waals surface area contributed by atoms with E-state index in [2.05, 4.69) is 28.7 Å². The Labute approximate surface area is 157 Å². The molecule has 0 saturated carbocycles. The fraction of sp³-hybridized carbons (Fsp3) is 0.714. The fourth-order valence-corrected chi connectivity index (χ4v) is 4.44. The summed E-state index contributed by atoms with van der Waals surface area (Å²) in [5.74, 6) is -0.776. The van der Waals surface area contributed by atoms with Gasteiger partial charge in [0.1, 0.15) is 0 Å². The first-order valence-corrected chi connectivity index (χ1v) is 10.1. The molecular formula is C21H33F2N3. The predicted molar refractivity (Wildman–Crippen MR) is 102 cm³/mol. The monoisotopic (exact) mass is 365 g/mol. The lowest BCUT2D eigenvalue weighted by atomic mass is 9.93. The average molecular weight is 366 g/mol. The molecule has 0 radical (unpaired) electrons. The van der Waals surface area contributed by atoms with Crippen LogP contribution < -0.4 is 0 Å². The number of halogens is 2. The Morgan fingerprint density at radius 1 is 1.04 bits per heavy atom. The van der Waals surface area contributed by atoms with Crippen molar-refractivity contribution in [2.45, 2.75) is 45.2 Å². The van der Waals surface area contributed by atoms with Gasteiger partial charge in [-0.2, -0.15) is 0 Å². The number of hydrogen-bond acceptors (Lipinski definition) is 3. The van der Waals surface area contributed by atoms with Crippen molar-refractivity contribution in [3.8, 4) is 0 Å². The third kappa shape index (κ3) is 5.02. The zero-order chi connectivity index (χ0) is 18.5. The minimum Gasteiger partial charge on any atom is -0.306 e. The molecule has 2 fully saturated rings. The first-order chi connectivity index (χ1) is 12.6. The van der Waals surface area contributed by atoms with Crippen LogP contribution in [0.2, 0.25) is 0 Å². The van der Waals surface area contributed by atoms with E-state index in [4.69, 9.17) is 0 Å². The van der Waals surface area contributed by atoms with Gasteiger partial charge >= 0.3 is 0 Å². The smallest absolute Gasteiger partial charge is 0.163 e. The molecule has 146 valence electrons. The Bertz CT molecular complexity index is 564. The number of benzene rings is 1. The summed E-state index contributed by atoms with van der Waals surface area (Å²) >= 11 is 0. The molecule has 3 nitrogen and oxygen atoms in total. The van der Waals surface area contributed by atoms with E-state index in [1.807, 2.05) is 0 Å². The van der Waals surface area contributed by atoms with E-state index in [9.17, 15) is 8.78 Å². The van der Waals surface area contributed by atoms with Crippen molar-refractivity contribution in [2.24, 2.45) is 5.92 Å². The van der Waals surface area contributed by atoms with Gasteiger partial charge in [0.2, 0.25) is 0 Å². The van der Waals surface area contributed by atoms with Gasteiger partial charge in [0, 0.05) is 24.7 Å². The Balaban J connectivity index is 1.47. The molecule has 2 aliphatic rings. The van der Waals surface area contributed by atoms with E-state index in [-0.39, 0.29) is 0 Å². The minimum absolute atomic E-state index is 0.468. The van der Waals surface area contributed by atoms with Crippen LogP contribution in [-0.4, -0.2) is 67.1 Å². The maximum absolute atomic E-state index is 13.9. The van der Waals surface area contributed by atoms with Crippen LogP contribution in [0.5, 0.6) is 0 Å². The van der Waals surface area contributed by atoms with Crippen LogP contribution in [0, 0.1) is 17.6 Å². The third-order valence-electron chi connectivity index (χ3n) is 6.24. The molecule has 5 heteroatoms. The molecule has 0 N–H and O–H groups in total. The molecule has 3 rings (SSSR count). The van der Waals surface area contributed by atoms with Gasteiger partial charge in [0.25, 0.3) is 0 Å². The number of hydrogen-bond donors (Lipinski definition) is 0. The Morgan fingerprint density at radius 3 is 2.38 bits per heavy atom. The molecule has 2 saturated heterocycles. The topological polar surface area (TPSA) is 9.72 Å². The van der Waals surface area contributed by atoms with E-state index in [0.717, 1.165) is 19.1 Å². The van der Waals surface area contributed by atoms with Crippen LogP contribution in [0.1, 0.15) is 38.2 Å². The van der Waals surface area contributed by atoms with Crippen molar-refractivity contribution in [1.82, 2.24) is 14.7 Å². The predicted octanol–water partition coefficient (Wildman–Crippen LogP) is 3.59. The largest absolute Gasteiger partial charge is 0.306 e. The molecule has 2 aliphatic heterocycles. The van der Waals surface area contributed by atoms with Gasteiger partial charge in [0.05, 0.1) is 0 Å². The van der Waals surface area contributed by atoms with Crippen LogP contribution in [0.15, 0.2) is 18.2 Å². The molecule has 0 aliphatic carbocycles. The normalized spacial score (nSPS) is 21.6. The van der Waals surface area contributed by atoms with Crippen molar-refractivity contribution < 1.29 is 8.78 Å². The second kappa shape index (κ2) is 9.25. The second-order valence-electron chi connectivity index (χ2n) is 8.05. The van der Waals surface area contributed by atoms with Gasteiger partial charge in [-0.3, -0.25) is 4.90 Å². The van der Waals surface area contributed by atoms with Crippen molar-refractivity contribution in [3.63, 3.8) is 0 Å². The average Bonchev–Trinajstić information content (AvgIpc) is 2.66. The molecule has 0 amide bonds. The van der Waals surface area contributed by atoms with Gasteiger partial charge in [0.15, 0.2) is 11.6 Å². The number of piperidine rings is 2. The lowest BCUT2D eigenvalue weighted by molar-refractivity contribution is 0.0744. The summed E-state index contributed by atoms with van der Waals surface area (Å²) in [6.07, 6.45) is 5.02. The highest BCUT2D eigenvalue weighted by molar-refractivity contribution is 5.18. The number of rotatable bonds is 6. The highest BCUT2D eigenvalue weighted by atomic mass is 19.2. The zero-order valence-corrected chi connectivity index (χ0v) is 16.3. The summed E-state index contributed by atoms with van der Waals surface area (Å²) in [5.41, 5.74) is 0.468. The Hall–Kier alpha value is -1.04. The van der Waals surface area contributed by atoms with Crippen LogP contribution in [0.25, 0.3) is 0 Å². The lowest BCUT2D eigenvalue weighted by Crippen LogP contribution is -2.47. The first kappa shape index (κ1) is 19.7. The Kier molecular flexibility index (Phi) is 7.01. The molecule has 0 unspecified atom stereocenters. The molecule has 0 aromatic heterocycles. The van der Waals surface area contributed by atoms with Crippen molar-refractivity contribution in [3.05, 3.63) is 35.4 Å². The molecule has 1 aromatic rings. The van der Waals surface area contributed by atoms with E-state index in [0.29, 0.717) is 18.0 Å². The van der Waals surface area contributed by atoms with E-state index in [1.54, 1.807) is 12.1 Å². The van der Waals surface area contributed by atoms with Gasteiger partial charge in [-0.25, -0.2) is 8.78 Å². The molecule has 0 bridgehead atoms. The maximum atomic E-state index is 13.9. The quantitative estimate of drug-likeness (QED) is 0.763. The number of likely N-dealkylation sites (tertiary alicyclic amines) is 2. The first-order valence-electron chi connectivity index (χ1n) is 10.1. The van der Waals surface area contributed by atoms with Crippen molar-refractivity contribution in [2.75, 3.05) is 46.3 Å². The summed E-state index contributed by atoms with van der Waals surface area (Å²) in [7, 11) is 2.21. The molecule has 26 heavy (non-hydrogen) atoms. The second-order valence-corrected chi connectivity index (χ2v) is 8.05. The highest BCUT2D eigenvalue weighted by Gasteiger charge is 2.28. The summed E-state index contributed by atoms with van der Waals surface area (Å²) in [6, 6.07) is 5.25. The SMILES string of the molecule is CCN(Cc1cccc(F)c1F)CC1CCN(C2CCN(C)CC2)CC1. The van der Waals surface area contributed by atoms with Crippen LogP contribution in [0.3, 0.4) is 0 Å². The van der Waals surface area contributed by atoms with Crippen LogP contribution >= 0.6 is 0 Å². The van der Waals surface area contributed by atoms with Crippen molar-refractivity contribution >= 4 is 0 Å². The Morgan fingerprint density at radius 2 is 1.73 bits per heavy atom. The third-order valence-corrected chi connectivity index (χ3v) is 6.24. The summed E-state index contributed by atoms with van der Waals surface area (Å²) in [6.45, 7) is 9.25. The minimum atomic E-state index is -0.745. The summed E-state index contributed by atoms with van der Waals surface area (Å²) < 4.78 is 27.4. The highest BCUT2D eigenvalue weighted by Crippen LogP contribution is 2.25. The molecule has 2 heterocycles. The van der Waals surface area contributed by atoms with E-state index >= 15 is 0 Å².